The Morgan fingerprint density at radius 3 is 2.67 bits per heavy atom. The van der Waals surface area contributed by atoms with Gasteiger partial charge in [0.05, 0.1) is 6.26 Å². The Labute approximate surface area is 88.9 Å². The number of ether oxygens (including phenoxy) is 1. The van der Waals surface area contributed by atoms with E-state index >= 15 is 0 Å². The maximum absolute atomic E-state index is 10.4. The zero-order chi connectivity index (χ0) is 10.5. The van der Waals surface area contributed by atoms with E-state index in [1.54, 1.807) is 6.26 Å². The molecule has 76 valence electrons. The van der Waals surface area contributed by atoms with Gasteiger partial charge < -0.3 is 4.74 Å². The number of aldehydes is 1. The number of rotatable bonds is 3. The van der Waals surface area contributed by atoms with Crippen molar-refractivity contribution in [3.8, 4) is 0 Å². The zero-order valence-corrected chi connectivity index (χ0v) is 8.30. The summed E-state index contributed by atoms with van der Waals surface area (Å²) in [5, 5.41) is 0. The van der Waals surface area contributed by atoms with Crippen molar-refractivity contribution in [3.05, 3.63) is 53.8 Å². The number of benzene rings is 1. The van der Waals surface area contributed by atoms with E-state index in [1.165, 1.54) is 0 Å². The minimum atomic E-state index is -0.291. The minimum absolute atomic E-state index is 0.291. The lowest BCUT2D eigenvalue weighted by Crippen LogP contribution is -2.05. The van der Waals surface area contributed by atoms with Crippen LogP contribution >= 0.6 is 0 Å². The summed E-state index contributed by atoms with van der Waals surface area (Å²) in [7, 11) is 0. The summed E-state index contributed by atoms with van der Waals surface area (Å²) < 4.78 is 5.12. The van der Waals surface area contributed by atoms with Crippen LogP contribution in [0.5, 0.6) is 0 Å². The van der Waals surface area contributed by atoms with Crippen LogP contribution in [0, 0.1) is 0 Å². The van der Waals surface area contributed by atoms with Crippen molar-refractivity contribution in [2.45, 2.75) is 12.5 Å². The third-order valence-electron chi connectivity index (χ3n) is 2.27. The minimum Gasteiger partial charge on any atom is -0.490 e. The highest BCUT2D eigenvalue weighted by atomic mass is 16.5. The van der Waals surface area contributed by atoms with Crippen molar-refractivity contribution >= 4 is 12.4 Å². The van der Waals surface area contributed by atoms with E-state index in [-0.39, 0.29) is 6.10 Å². The van der Waals surface area contributed by atoms with Crippen molar-refractivity contribution < 1.29 is 9.53 Å². The molecule has 1 aromatic rings. The molecule has 1 heterocycles. The van der Waals surface area contributed by atoms with Gasteiger partial charge in [0, 0.05) is 6.42 Å². The van der Waals surface area contributed by atoms with E-state index in [1.807, 2.05) is 42.5 Å². The molecule has 1 aliphatic rings. The van der Waals surface area contributed by atoms with E-state index in [0.29, 0.717) is 6.42 Å². The van der Waals surface area contributed by atoms with Gasteiger partial charge in [-0.05, 0) is 11.1 Å². The Hall–Kier alpha value is -1.83. The van der Waals surface area contributed by atoms with Crippen LogP contribution in [0.1, 0.15) is 12.0 Å². The van der Waals surface area contributed by atoms with Gasteiger partial charge in [-0.2, -0.15) is 0 Å². The van der Waals surface area contributed by atoms with Crippen LogP contribution in [0.15, 0.2) is 48.2 Å². The first kappa shape index (κ1) is 9.71. The van der Waals surface area contributed by atoms with Crippen LogP contribution in [0.2, 0.25) is 0 Å². The fourth-order valence-electron chi connectivity index (χ4n) is 1.46. The van der Waals surface area contributed by atoms with Gasteiger partial charge in [0.15, 0.2) is 12.4 Å². The lowest BCUT2D eigenvalue weighted by molar-refractivity contribution is -0.114. The van der Waals surface area contributed by atoms with Crippen LogP contribution in [0.3, 0.4) is 0 Å². The van der Waals surface area contributed by atoms with Crippen molar-refractivity contribution in [1.29, 1.82) is 0 Å². The molecule has 0 amide bonds. The average molecular weight is 200 g/mol. The third-order valence-corrected chi connectivity index (χ3v) is 2.27. The first-order valence-electron chi connectivity index (χ1n) is 4.91. The predicted octanol–water partition coefficient (Wildman–Crippen LogP) is 2.57. The summed E-state index contributed by atoms with van der Waals surface area (Å²) >= 11 is 0. The molecule has 1 aliphatic heterocycles. The fourth-order valence-corrected chi connectivity index (χ4v) is 1.46. The molecule has 0 fully saturated rings. The van der Waals surface area contributed by atoms with E-state index in [2.05, 4.69) is 0 Å². The largest absolute Gasteiger partial charge is 0.490 e. The van der Waals surface area contributed by atoms with Crippen molar-refractivity contribution in [2.24, 2.45) is 0 Å². The van der Waals surface area contributed by atoms with Crippen molar-refractivity contribution in [1.82, 2.24) is 0 Å². The Balaban J connectivity index is 1.99. The Morgan fingerprint density at radius 2 is 2.00 bits per heavy atom. The lowest BCUT2D eigenvalue weighted by atomic mass is 10.1. The molecule has 2 heteroatoms. The molecule has 0 aromatic heterocycles. The molecule has 0 N–H and O–H groups in total. The molecule has 1 aromatic carbocycles. The van der Waals surface area contributed by atoms with E-state index in [4.69, 9.17) is 4.74 Å². The summed E-state index contributed by atoms with van der Waals surface area (Å²) in [6, 6.07) is 10.0. The Kier molecular flexibility index (Phi) is 2.98. The number of hydrogen-bond donors (Lipinski definition) is 0. The van der Waals surface area contributed by atoms with Crippen LogP contribution in [-0.2, 0) is 9.53 Å². The number of allylic oxidation sites excluding steroid dienone is 1. The summed E-state index contributed by atoms with van der Waals surface area (Å²) in [6.07, 6.45) is 6.87. The van der Waals surface area contributed by atoms with Gasteiger partial charge in [0.25, 0.3) is 0 Å². The molecular formula is C13H12O2. The van der Waals surface area contributed by atoms with E-state index in [9.17, 15) is 4.79 Å². The Morgan fingerprint density at radius 1 is 1.20 bits per heavy atom. The standard InChI is InChI=1S/C13H12O2/c14-9-13-8-12(10-15-13)7-6-11-4-2-1-3-5-11/h1-7,9-10,13H,8H2. The van der Waals surface area contributed by atoms with Crippen LogP contribution in [0.4, 0.5) is 0 Å². The van der Waals surface area contributed by atoms with Gasteiger partial charge in [-0.15, -0.1) is 0 Å². The zero-order valence-electron chi connectivity index (χ0n) is 8.30. The molecule has 2 rings (SSSR count). The second-order valence-corrected chi connectivity index (χ2v) is 3.45. The lowest BCUT2D eigenvalue weighted by Gasteiger charge is -1.97. The van der Waals surface area contributed by atoms with Crippen molar-refractivity contribution in [2.75, 3.05) is 0 Å². The Bertz CT molecular complexity index is 390. The second kappa shape index (κ2) is 4.60. The highest BCUT2D eigenvalue weighted by molar-refractivity contribution is 5.60. The molecule has 1 atom stereocenters. The normalized spacial score (nSPS) is 20.0. The molecular weight excluding hydrogens is 188 g/mol. The molecule has 15 heavy (non-hydrogen) atoms. The van der Waals surface area contributed by atoms with Gasteiger partial charge >= 0.3 is 0 Å². The van der Waals surface area contributed by atoms with Crippen LogP contribution < -0.4 is 0 Å². The highest BCUT2D eigenvalue weighted by Crippen LogP contribution is 2.18. The summed E-state index contributed by atoms with van der Waals surface area (Å²) in [4.78, 5) is 10.4. The second-order valence-electron chi connectivity index (χ2n) is 3.45. The molecule has 2 nitrogen and oxygen atoms in total. The SMILES string of the molecule is O=CC1CC(C=Cc2ccccc2)=CO1. The number of carbonyl (C=O) groups is 1. The average Bonchev–Trinajstić information content (AvgIpc) is 2.76. The third kappa shape index (κ3) is 2.56. The maximum atomic E-state index is 10.4. The topological polar surface area (TPSA) is 26.3 Å². The summed E-state index contributed by atoms with van der Waals surface area (Å²) in [5.41, 5.74) is 2.20. The first-order chi connectivity index (χ1) is 7.38. The quantitative estimate of drug-likeness (QED) is 0.701. The number of hydrogen-bond acceptors (Lipinski definition) is 2. The van der Waals surface area contributed by atoms with Gasteiger partial charge in [-0.3, -0.25) is 4.79 Å². The number of carbonyl (C=O) groups excluding carboxylic acids is 1. The molecule has 1 unspecified atom stereocenters. The fraction of sp³-hybridized carbons (Fsp3) is 0.154. The summed E-state index contributed by atoms with van der Waals surface area (Å²) in [5.74, 6) is 0. The molecule has 0 spiro atoms. The molecule has 0 aliphatic carbocycles. The molecule has 0 bridgehead atoms. The molecule has 0 radical (unpaired) electrons. The van der Waals surface area contributed by atoms with Gasteiger partial charge in [-0.1, -0.05) is 42.5 Å². The van der Waals surface area contributed by atoms with Gasteiger partial charge in [0.2, 0.25) is 0 Å². The van der Waals surface area contributed by atoms with E-state index in [0.717, 1.165) is 17.4 Å². The molecule has 0 saturated heterocycles. The summed E-state index contributed by atoms with van der Waals surface area (Å²) in [6.45, 7) is 0. The van der Waals surface area contributed by atoms with Crippen LogP contribution in [-0.4, -0.2) is 12.4 Å². The van der Waals surface area contributed by atoms with Gasteiger partial charge in [-0.25, -0.2) is 0 Å². The monoisotopic (exact) mass is 200 g/mol. The van der Waals surface area contributed by atoms with Crippen LogP contribution in [0.25, 0.3) is 6.08 Å². The predicted molar refractivity (Wildman–Crippen MR) is 59.1 cm³/mol. The maximum Gasteiger partial charge on any atom is 0.160 e. The van der Waals surface area contributed by atoms with E-state index < -0.39 is 0 Å². The highest BCUT2D eigenvalue weighted by Gasteiger charge is 2.14. The first-order valence-corrected chi connectivity index (χ1v) is 4.91. The van der Waals surface area contributed by atoms with Crippen molar-refractivity contribution in [3.63, 3.8) is 0 Å². The smallest absolute Gasteiger partial charge is 0.160 e. The molecule has 0 saturated carbocycles. The van der Waals surface area contributed by atoms with Gasteiger partial charge in [0.1, 0.15) is 0 Å².